The second-order valence-corrected chi connectivity index (χ2v) is 16.2. The number of hydrogen-bond acceptors (Lipinski definition) is 13. The fraction of sp³-hybridized carbons (Fsp3) is 0.548. The summed E-state index contributed by atoms with van der Waals surface area (Å²) < 4.78 is 24.1. The number of carbonyl (C=O) groups is 5. The Balaban J connectivity index is 1.50. The summed E-state index contributed by atoms with van der Waals surface area (Å²) in [6.07, 6.45) is -9.66. The third-order valence-corrected chi connectivity index (χ3v) is 12.7. The predicted molar refractivity (Wildman–Crippen MR) is 197 cm³/mol. The van der Waals surface area contributed by atoms with E-state index in [0.717, 1.165) is 6.92 Å². The normalized spacial score (nSPS) is 34.2. The number of Topliss-reactive ketones (excluding diaryl/α,β-unsaturated/α-hetero) is 1. The SMILES string of the molecule is CCCC(=O)NC(c1ccccc1)[C@@H](O)C(=O)O[C@H]1C[C@@]2(O)[C@@H](OC(=O)c3ccccc3)[C@@H]3[C@]4(OC(C)=O)CO[C@@H]4C[C@H](O)[C@@]3(C)C(=O)[C@H](O)C(=C1C)C2(C)C. The standard InChI is InChI=1S/C42H51NO13/c1-7-14-29(46)43-31(24-15-10-8-11-16-24)33(48)38(51)54-26-20-42(52)36(55-37(50)25-17-12-9-13-18-25)34-40(6,35(49)32(47)30(22(26)2)39(42,4)5)27(45)19-28-41(34,21-53-28)56-23(3)44/h8-13,15-18,26-28,31-34,36,45,47-48,52H,7,14,19-21H2,1-6H3,(H,43,46)/t26-,27-,28+,31?,32+,33+,34-,36-,40+,41-,42+/m0/s1. The molecule has 6 rings (SSSR count). The lowest BCUT2D eigenvalue weighted by Crippen LogP contribution is -2.81. The summed E-state index contributed by atoms with van der Waals surface area (Å²) in [6, 6.07) is 15.0. The van der Waals surface area contributed by atoms with Crippen molar-refractivity contribution < 1.29 is 63.3 Å². The quantitative estimate of drug-likeness (QED) is 0.134. The molecule has 2 aromatic rings. The van der Waals surface area contributed by atoms with Gasteiger partial charge in [0.1, 0.15) is 30.0 Å². The van der Waals surface area contributed by atoms with Gasteiger partial charge in [-0.25, -0.2) is 9.59 Å². The Kier molecular flexibility index (Phi) is 11.1. The first-order valence-electron chi connectivity index (χ1n) is 19.0. The van der Waals surface area contributed by atoms with Crippen LogP contribution in [0.3, 0.4) is 0 Å². The van der Waals surface area contributed by atoms with Gasteiger partial charge in [-0.05, 0) is 49.1 Å². The molecule has 4 aliphatic rings. The van der Waals surface area contributed by atoms with Gasteiger partial charge < -0.3 is 44.7 Å². The maximum atomic E-state index is 14.9. The van der Waals surface area contributed by atoms with E-state index in [-0.39, 0.29) is 36.2 Å². The molecule has 0 aromatic heterocycles. The molecule has 14 heteroatoms. The van der Waals surface area contributed by atoms with Gasteiger partial charge in [0.15, 0.2) is 17.5 Å². The fourth-order valence-corrected chi connectivity index (χ4v) is 9.60. The molecular formula is C42H51NO13. The maximum absolute atomic E-state index is 14.9. The van der Waals surface area contributed by atoms with Crippen molar-refractivity contribution in [3.63, 3.8) is 0 Å². The third kappa shape index (κ3) is 6.54. The third-order valence-electron chi connectivity index (χ3n) is 12.7. The molecule has 3 fully saturated rings. The summed E-state index contributed by atoms with van der Waals surface area (Å²) in [5.74, 6) is -5.66. The number of hydrogen-bond donors (Lipinski definition) is 5. The number of nitrogens with one attached hydrogen (secondary N) is 1. The van der Waals surface area contributed by atoms with Gasteiger partial charge in [0.2, 0.25) is 5.91 Å². The zero-order valence-corrected chi connectivity index (χ0v) is 32.4. The number of esters is 3. The minimum absolute atomic E-state index is 0.0412. The van der Waals surface area contributed by atoms with Crippen molar-refractivity contribution in [1.29, 1.82) is 0 Å². The van der Waals surface area contributed by atoms with Crippen LogP contribution >= 0.6 is 0 Å². The Hall–Kier alpha value is -4.47. The fourth-order valence-electron chi connectivity index (χ4n) is 9.60. The molecule has 1 heterocycles. The molecule has 0 spiro atoms. The van der Waals surface area contributed by atoms with E-state index in [1.165, 1.54) is 26.0 Å². The van der Waals surface area contributed by atoms with E-state index in [1.54, 1.807) is 69.3 Å². The number of aliphatic hydroxyl groups excluding tert-OH is 3. The van der Waals surface area contributed by atoms with Crippen molar-refractivity contribution in [2.24, 2.45) is 16.7 Å². The Labute approximate surface area is 325 Å². The highest BCUT2D eigenvalue weighted by atomic mass is 16.6. The van der Waals surface area contributed by atoms with E-state index in [0.29, 0.717) is 12.0 Å². The van der Waals surface area contributed by atoms with Gasteiger partial charge in [-0.1, -0.05) is 69.3 Å². The summed E-state index contributed by atoms with van der Waals surface area (Å²) in [5.41, 5.74) is -6.99. The monoisotopic (exact) mass is 777 g/mol. The van der Waals surface area contributed by atoms with Crippen molar-refractivity contribution in [3.8, 4) is 0 Å². The van der Waals surface area contributed by atoms with Crippen molar-refractivity contribution in [2.75, 3.05) is 6.61 Å². The number of amides is 1. The smallest absolute Gasteiger partial charge is 0.338 e. The summed E-state index contributed by atoms with van der Waals surface area (Å²) in [5, 5.41) is 51.6. The molecule has 14 nitrogen and oxygen atoms in total. The molecule has 11 atom stereocenters. The van der Waals surface area contributed by atoms with Crippen LogP contribution in [-0.2, 0) is 38.1 Å². The molecule has 2 saturated carbocycles. The second-order valence-electron chi connectivity index (χ2n) is 16.2. The second kappa shape index (κ2) is 15.1. The minimum atomic E-state index is -2.33. The van der Waals surface area contributed by atoms with E-state index in [4.69, 9.17) is 18.9 Å². The average Bonchev–Trinajstić information content (AvgIpc) is 3.15. The van der Waals surface area contributed by atoms with E-state index in [1.807, 2.05) is 0 Å². The maximum Gasteiger partial charge on any atom is 0.338 e. The zero-order valence-electron chi connectivity index (χ0n) is 32.4. The predicted octanol–water partition coefficient (Wildman–Crippen LogP) is 2.65. The molecule has 302 valence electrons. The molecular weight excluding hydrogens is 726 g/mol. The highest BCUT2D eigenvalue weighted by Gasteiger charge is 2.78. The summed E-state index contributed by atoms with van der Waals surface area (Å²) >= 11 is 0. The average molecular weight is 778 g/mol. The Morgan fingerprint density at radius 1 is 0.982 bits per heavy atom. The van der Waals surface area contributed by atoms with Crippen LogP contribution < -0.4 is 5.32 Å². The van der Waals surface area contributed by atoms with Crippen molar-refractivity contribution in [2.45, 2.75) is 121 Å². The number of ether oxygens (including phenoxy) is 4. The Morgan fingerprint density at radius 3 is 2.18 bits per heavy atom. The first kappa shape index (κ1) is 41.2. The molecule has 0 radical (unpaired) electrons. The van der Waals surface area contributed by atoms with E-state index < -0.39 is 107 Å². The number of fused-ring (bicyclic) bond motifs is 5. The van der Waals surface area contributed by atoms with Gasteiger partial charge in [0.05, 0.1) is 35.6 Å². The number of aliphatic hydroxyl groups is 4. The van der Waals surface area contributed by atoms with Crippen molar-refractivity contribution >= 4 is 29.6 Å². The van der Waals surface area contributed by atoms with Crippen LogP contribution in [0.5, 0.6) is 0 Å². The zero-order chi connectivity index (χ0) is 41.0. The molecule has 2 aromatic carbocycles. The molecule has 1 aliphatic heterocycles. The van der Waals surface area contributed by atoms with Crippen LogP contribution in [0.1, 0.15) is 89.2 Å². The van der Waals surface area contributed by atoms with E-state index in [9.17, 15) is 44.4 Å². The number of carbonyl (C=O) groups excluding carboxylic acids is 5. The molecule has 1 amide bonds. The lowest BCUT2D eigenvalue weighted by Gasteiger charge is -2.67. The van der Waals surface area contributed by atoms with E-state index >= 15 is 0 Å². The topological polar surface area (TPSA) is 215 Å². The number of benzene rings is 2. The number of ketones is 1. The van der Waals surface area contributed by atoms with Gasteiger partial charge in [-0.3, -0.25) is 14.4 Å². The summed E-state index contributed by atoms with van der Waals surface area (Å²) in [6.45, 7) is 8.73. The Morgan fingerprint density at radius 2 is 1.61 bits per heavy atom. The van der Waals surface area contributed by atoms with Crippen LogP contribution in [0.15, 0.2) is 71.8 Å². The largest absolute Gasteiger partial charge is 0.456 e. The summed E-state index contributed by atoms with van der Waals surface area (Å²) in [4.78, 5) is 68.5. The van der Waals surface area contributed by atoms with Crippen molar-refractivity contribution in [3.05, 3.63) is 82.9 Å². The molecule has 2 bridgehead atoms. The molecule has 56 heavy (non-hydrogen) atoms. The van der Waals surface area contributed by atoms with Gasteiger partial charge in [0, 0.05) is 31.6 Å². The van der Waals surface area contributed by atoms with Crippen LogP contribution in [0.2, 0.25) is 0 Å². The van der Waals surface area contributed by atoms with Gasteiger partial charge in [0.25, 0.3) is 0 Å². The molecule has 5 N–H and O–H groups in total. The van der Waals surface area contributed by atoms with Gasteiger partial charge in [-0.15, -0.1) is 0 Å². The lowest BCUT2D eigenvalue weighted by molar-refractivity contribution is -0.346. The molecule has 1 unspecified atom stereocenters. The van der Waals surface area contributed by atoms with E-state index in [2.05, 4.69) is 5.32 Å². The lowest BCUT2D eigenvalue weighted by atomic mass is 9.44. The van der Waals surface area contributed by atoms with Crippen LogP contribution in [0.25, 0.3) is 0 Å². The Bertz CT molecular complexity index is 1900. The van der Waals surface area contributed by atoms with Gasteiger partial charge in [-0.2, -0.15) is 0 Å². The number of rotatable bonds is 10. The van der Waals surface area contributed by atoms with Gasteiger partial charge >= 0.3 is 17.9 Å². The first-order chi connectivity index (χ1) is 26.3. The highest BCUT2D eigenvalue weighted by molar-refractivity contribution is 5.94. The minimum Gasteiger partial charge on any atom is -0.456 e. The molecule has 1 saturated heterocycles. The van der Waals surface area contributed by atoms with Crippen molar-refractivity contribution in [1.82, 2.24) is 5.32 Å². The summed E-state index contributed by atoms with van der Waals surface area (Å²) in [7, 11) is 0. The van der Waals surface area contributed by atoms with Crippen LogP contribution in [0.4, 0.5) is 0 Å². The van der Waals surface area contributed by atoms with Crippen LogP contribution in [-0.4, -0.2) is 104 Å². The highest BCUT2D eigenvalue weighted by Crippen LogP contribution is 2.64. The van der Waals surface area contributed by atoms with Crippen LogP contribution in [0, 0.1) is 16.7 Å². The molecule has 3 aliphatic carbocycles. The first-order valence-corrected chi connectivity index (χ1v) is 19.0.